The summed E-state index contributed by atoms with van der Waals surface area (Å²) in [5.41, 5.74) is 1.16. The summed E-state index contributed by atoms with van der Waals surface area (Å²) in [5, 5.41) is 10.1. The van der Waals surface area contributed by atoms with Crippen LogP contribution in [0.1, 0.15) is 10.4 Å². The molecule has 0 saturated heterocycles. The summed E-state index contributed by atoms with van der Waals surface area (Å²) in [4.78, 5) is 24.1. The van der Waals surface area contributed by atoms with E-state index in [4.69, 9.17) is 23.2 Å². The van der Waals surface area contributed by atoms with Crippen LogP contribution >= 0.6 is 23.2 Å². The van der Waals surface area contributed by atoms with E-state index >= 15 is 0 Å². The van der Waals surface area contributed by atoms with E-state index < -0.39 is 22.5 Å². The van der Waals surface area contributed by atoms with Crippen molar-refractivity contribution in [2.24, 2.45) is 0 Å². The van der Waals surface area contributed by atoms with Crippen molar-refractivity contribution in [3.05, 3.63) is 94.6 Å². The summed E-state index contributed by atoms with van der Waals surface area (Å²) in [5.74, 6) is -1.59. The van der Waals surface area contributed by atoms with Gasteiger partial charge in [-0.05, 0) is 54.6 Å². The van der Waals surface area contributed by atoms with Gasteiger partial charge in [0.1, 0.15) is 6.54 Å². The van der Waals surface area contributed by atoms with Crippen LogP contribution in [-0.2, 0) is 14.8 Å². The van der Waals surface area contributed by atoms with Crippen molar-refractivity contribution in [1.82, 2.24) is 4.57 Å². The van der Waals surface area contributed by atoms with Crippen LogP contribution in [0.4, 0.5) is 5.69 Å². The highest BCUT2D eigenvalue weighted by molar-refractivity contribution is 7.92. The van der Waals surface area contributed by atoms with Crippen LogP contribution in [0.5, 0.6) is 0 Å². The third-order valence-corrected chi connectivity index (χ3v) is 7.09. The van der Waals surface area contributed by atoms with Crippen molar-refractivity contribution in [3.8, 4) is 0 Å². The first-order valence-electron chi connectivity index (χ1n) is 9.58. The first-order valence-corrected chi connectivity index (χ1v) is 11.8. The van der Waals surface area contributed by atoms with Gasteiger partial charge in [-0.3, -0.25) is 18.5 Å². The van der Waals surface area contributed by atoms with E-state index in [0.29, 0.717) is 16.5 Å². The molecule has 1 aromatic heterocycles. The van der Waals surface area contributed by atoms with Crippen molar-refractivity contribution in [3.63, 3.8) is 0 Å². The van der Waals surface area contributed by atoms with Gasteiger partial charge in [0.15, 0.2) is 0 Å². The second kappa shape index (κ2) is 8.90. The number of benzene rings is 3. The molecule has 0 bridgehead atoms. The Morgan fingerprint density at radius 3 is 2.21 bits per heavy atom. The first kappa shape index (κ1) is 22.8. The minimum absolute atomic E-state index is 0.100. The standard InChI is InChI=1S/C23H16Cl2N2O5S/c24-17-11-18(25)13-20(12-17)33(31,32)27(14-22(28)29)19-6-7-21-16(10-19)8-9-26(21)23(30)15-4-2-1-3-5-15/h1-13H,14H2,(H,28,29). The van der Waals surface area contributed by atoms with Gasteiger partial charge >= 0.3 is 5.97 Å². The molecule has 168 valence electrons. The quantitative estimate of drug-likeness (QED) is 0.403. The molecule has 0 fully saturated rings. The lowest BCUT2D eigenvalue weighted by Gasteiger charge is -2.23. The van der Waals surface area contributed by atoms with Crippen molar-refractivity contribution in [2.75, 3.05) is 10.8 Å². The smallest absolute Gasteiger partial charge is 0.324 e. The third kappa shape index (κ3) is 4.59. The summed E-state index contributed by atoms with van der Waals surface area (Å²) in [7, 11) is -4.31. The fraction of sp³-hybridized carbons (Fsp3) is 0.0435. The van der Waals surface area contributed by atoms with E-state index in [9.17, 15) is 23.1 Å². The Balaban J connectivity index is 1.79. The Hall–Kier alpha value is -3.33. The summed E-state index contributed by atoms with van der Waals surface area (Å²) in [6.07, 6.45) is 1.58. The number of carboxylic acids is 1. The molecule has 0 atom stereocenters. The monoisotopic (exact) mass is 502 g/mol. The SMILES string of the molecule is O=C(O)CN(c1ccc2c(ccn2C(=O)c2ccccc2)c1)S(=O)(=O)c1cc(Cl)cc(Cl)c1. The average molecular weight is 503 g/mol. The summed E-state index contributed by atoms with van der Waals surface area (Å²) in [6, 6.07) is 18.7. The number of carboxylic acid groups (broad SMARTS) is 1. The Labute approximate surface area is 199 Å². The minimum atomic E-state index is -4.31. The van der Waals surface area contributed by atoms with E-state index in [-0.39, 0.29) is 26.5 Å². The van der Waals surface area contributed by atoms with Gasteiger partial charge < -0.3 is 5.11 Å². The number of rotatable bonds is 6. The highest BCUT2D eigenvalue weighted by Gasteiger charge is 2.28. The molecule has 0 aliphatic rings. The Kier molecular flexibility index (Phi) is 6.16. The molecule has 0 spiro atoms. The fourth-order valence-electron chi connectivity index (χ4n) is 3.42. The molecular formula is C23H16Cl2N2O5S. The number of anilines is 1. The predicted octanol–water partition coefficient (Wildman–Crippen LogP) is 4.92. The van der Waals surface area contributed by atoms with Crippen LogP contribution in [0.2, 0.25) is 10.0 Å². The van der Waals surface area contributed by atoms with Gasteiger partial charge in [0, 0.05) is 27.2 Å². The van der Waals surface area contributed by atoms with Crippen molar-refractivity contribution < 1.29 is 23.1 Å². The average Bonchev–Trinajstić information content (AvgIpc) is 3.20. The van der Waals surface area contributed by atoms with E-state index in [1.807, 2.05) is 0 Å². The zero-order valence-electron chi connectivity index (χ0n) is 16.9. The summed E-state index contributed by atoms with van der Waals surface area (Å²) >= 11 is 11.9. The molecule has 4 rings (SSSR count). The molecule has 10 heteroatoms. The number of nitrogens with zero attached hydrogens (tertiary/aromatic N) is 2. The molecule has 4 aromatic rings. The van der Waals surface area contributed by atoms with Gasteiger partial charge in [-0.2, -0.15) is 0 Å². The van der Waals surface area contributed by atoms with Crippen molar-refractivity contribution in [2.45, 2.75) is 4.90 Å². The lowest BCUT2D eigenvalue weighted by atomic mass is 10.2. The normalized spacial score (nSPS) is 11.5. The highest BCUT2D eigenvalue weighted by Crippen LogP contribution is 2.30. The number of carbonyl (C=O) groups is 2. The van der Waals surface area contributed by atoms with Crippen LogP contribution in [0, 0.1) is 0 Å². The molecular weight excluding hydrogens is 487 g/mol. The molecule has 0 amide bonds. The zero-order valence-corrected chi connectivity index (χ0v) is 19.2. The third-order valence-electron chi connectivity index (χ3n) is 4.90. The van der Waals surface area contributed by atoms with Gasteiger partial charge in [0.25, 0.3) is 15.9 Å². The highest BCUT2D eigenvalue weighted by atomic mass is 35.5. The summed E-state index contributed by atoms with van der Waals surface area (Å²) < 4.78 is 28.8. The van der Waals surface area contributed by atoms with E-state index in [0.717, 1.165) is 4.31 Å². The van der Waals surface area contributed by atoms with E-state index in [1.165, 1.54) is 34.9 Å². The number of carbonyl (C=O) groups excluding carboxylic acids is 1. The fourth-order valence-corrected chi connectivity index (χ4v) is 5.56. The van der Waals surface area contributed by atoms with Crippen molar-refractivity contribution in [1.29, 1.82) is 0 Å². The molecule has 33 heavy (non-hydrogen) atoms. The predicted molar refractivity (Wildman–Crippen MR) is 127 cm³/mol. The maximum Gasteiger partial charge on any atom is 0.324 e. The second-order valence-electron chi connectivity index (χ2n) is 7.11. The number of sulfonamides is 1. The van der Waals surface area contributed by atoms with E-state index in [1.54, 1.807) is 48.7 Å². The van der Waals surface area contributed by atoms with Crippen LogP contribution in [0.15, 0.2) is 83.9 Å². The molecule has 1 N–H and O–H groups in total. The molecule has 0 saturated carbocycles. The van der Waals surface area contributed by atoms with Crippen LogP contribution in [0.25, 0.3) is 10.9 Å². The number of aromatic nitrogens is 1. The number of fused-ring (bicyclic) bond motifs is 1. The minimum Gasteiger partial charge on any atom is -0.480 e. The van der Waals surface area contributed by atoms with Crippen LogP contribution in [-0.4, -0.2) is 36.5 Å². The molecule has 0 aliphatic heterocycles. The van der Waals surface area contributed by atoms with Crippen LogP contribution in [0.3, 0.4) is 0 Å². The maximum atomic E-state index is 13.3. The molecule has 1 heterocycles. The second-order valence-corrected chi connectivity index (χ2v) is 9.85. The van der Waals surface area contributed by atoms with Gasteiger partial charge in [-0.15, -0.1) is 0 Å². The number of hydrogen-bond donors (Lipinski definition) is 1. The zero-order chi connectivity index (χ0) is 23.8. The Bertz CT molecular complexity index is 1460. The van der Waals surface area contributed by atoms with Gasteiger partial charge in [0.05, 0.1) is 16.1 Å². The van der Waals surface area contributed by atoms with Crippen LogP contribution < -0.4 is 4.31 Å². The summed E-state index contributed by atoms with van der Waals surface area (Å²) in [6.45, 7) is -0.818. The number of aliphatic carboxylic acids is 1. The molecule has 7 nitrogen and oxygen atoms in total. The van der Waals surface area contributed by atoms with E-state index in [2.05, 4.69) is 0 Å². The Morgan fingerprint density at radius 1 is 0.909 bits per heavy atom. The van der Waals surface area contributed by atoms with Gasteiger partial charge in [-0.1, -0.05) is 41.4 Å². The molecule has 0 aliphatic carbocycles. The maximum absolute atomic E-state index is 13.3. The lowest BCUT2D eigenvalue weighted by molar-refractivity contribution is -0.135. The number of hydrogen-bond acceptors (Lipinski definition) is 4. The number of halogens is 2. The topological polar surface area (TPSA) is 96.7 Å². The first-order chi connectivity index (χ1) is 15.7. The molecule has 0 radical (unpaired) electrons. The molecule has 0 unspecified atom stereocenters. The Morgan fingerprint density at radius 2 is 1.58 bits per heavy atom. The van der Waals surface area contributed by atoms with Gasteiger partial charge in [-0.25, -0.2) is 8.42 Å². The van der Waals surface area contributed by atoms with Gasteiger partial charge in [0.2, 0.25) is 0 Å². The lowest BCUT2D eigenvalue weighted by Crippen LogP contribution is -2.35. The van der Waals surface area contributed by atoms with Crippen molar-refractivity contribution >= 4 is 61.7 Å². The molecule has 3 aromatic carbocycles. The largest absolute Gasteiger partial charge is 0.480 e.